The Morgan fingerprint density at radius 1 is 1.33 bits per heavy atom. The van der Waals surface area contributed by atoms with Crippen LogP contribution in [0.3, 0.4) is 0 Å². The van der Waals surface area contributed by atoms with Gasteiger partial charge >= 0.3 is 0 Å². The maximum absolute atomic E-state index is 13.7. The zero-order valence-corrected chi connectivity index (χ0v) is 13.7. The van der Waals surface area contributed by atoms with Gasteiger partial charge in [-0.25, -0.2) is 4.39 Å². The third kappa shape index (κ3) is 4.86. The average molecular weight is 356 g/mol. The van der Waals surface area contributed by atoms with Crippen molar-refractivity contribution in [3.8, 4) is 5.75 Å². The molecule has 2 rings (SSSR count). The van der Waals surface area contributed by atoms with Crippen molar-refractivity contribution in [3.63, 3.8) is 0 Å². The monoisotopic (exact) mass is 355 g/mol. The molecule has 1 heterocycles. The van der Waals surface area contributed by atoms with Gasteiger partial charge in [-0.05, 0) is 36.7 Å². The highest BCUT2D eigenvalue weighted by Crippen LogP contribution is 2.23. The fourth-order valence-corrected chi connectivity index (χ4v) is 2.21. The van der Waals surface area contributed by atoms with Crippen molar-refractivity contribution in [2.24, 2.45) is 5.92 Å². The first-order chi connectivity index (χ1) is 10.1. The van der Waals surface area contributed by atoms with E-state index in [0.29, 0.717) is 16.9 Å². The number of furan rings is 1. The first kappa shape index (κ1) is 16.0. The summed E-state index contributed by atoms with van der Waals surface area (Å²) in [6.07, 6.45) is 1.63. The highest BCUT2D eigenvalue weighted by atomic mass is 79.9. The lowest BCUT2D eigenvalue weighted by atomic mass is 10.2. The number of rotatable bonds is 7. The summed E-state index contributed by atoms with van der Waals surface area (Å²) < 4.78 is 25.3. The molecular formula is C16H19BrFNO2. The van der Waals surface area contributed by atoms with Crippen molar-refractivity contribution in [2.45, 2.75) is 27.0 Å². The average Bonchev–Trinajstić information content (AvgIpc) is 2.85. The molecule has 3 nitrogen and oxygen atoms in total. The van der Waals surface area contributed by atoms with E-state index in [2.05, 4.69) is 35.1 Å². The fourth-order valence-electron chi connectivity index (χ4n) is 1.87. The summed E-state index contributed by atoms with van der Waals surface area (Å²) in [6, 6.07) is 6.59. The van der Waals surface area contributed by atoms with Gasteiger partial charge in [-0.3, -0.25) is 0 Å². The van der Waals surface area contributed by atoms with Gasteiger partial charge in [0.05, 0.1) is 12.8 Å². The van der Waals surface area contributed by atoms with E-state index in [1.54, 1.807) is 18.4 Å². The molecule has 0 saturated carbocycles. The predicted octanol–water partition coefficient (Wildman–Crippen LogP) is 4.51. The minimum absolute atomic E-state index is 0.237. The maximum Gasteiger partial charge on any atom is 0.166 e. The third-order valence-corrected chi connectivity index (χ3v) is 3.45. The Morgan fingerprint density at radius 2 is 2.14 bits per heavy atom. The van der Waals surface area contributed by atoms with Gasteiger partial charge in [-0.15, -0.1) is 0 Å². The van der Waals surface area contributed by atoms with Crippen LogP contribution in [0.5, 0.6) is 5.75 Å². The summed E-state index contributed by atoms with van der Waals surface area (Å²) in [5.74, 6) is 1.26. The van der Waals surface area contributed by atoms with Crippen LogP contribution in [0.1, 0.15) is 25.2 Å². The summed E-state index contributed by atoms with van der Waals surface area (Å²) in [5, 5.41) is 3.32. The molecule has 0 aliphatic rings. The Balaban J connectivity index is 1.92. The predicted molar refractivity (Wildman–Crippen MR) is 83.7 cm³/mol. The van der Waals surface area contributed by atoms with Crippen LogP contribution in [0.2, 0.25) is 0 Å². The van der Waals surface area contributed by atoms with E-state index in [1.165, 1.54) is 6.07 Å². The van der Waals surface area contributed by atoms with Crippen molar-refractivity contribution in [1.29, 1.82) is 0 Å². The van der Waals surface area contributed by atoms with Crippen LogP contribution in [-0.4, -0.2) is 6.54 Å². The van der Waals surface area contributed by atoms with Crippen LogP contribution in [0, 0.1) is 11.7 Å². The SMILES string of the molecule is CC(C)CNCc1occc1COc1ccc(Br)cc1F. The minimum atomic E-state index is -0.382. The van der Waals surface area contributed by atoms with Crippen LogP contribution in [0.4, 0.5) is 4.39 Å². The Hall–Kier alpha value is -1.33. The van der Waals surface area contributed by atoms with Gasteiger partial charge < -0.3 is 14.5 Å². The second kappa shape index (κ2) is 7.61. The van der Waals surface area contributed by atoms with E-state index in [1.807, 2.05) is 6.07 Å². The topological polar surface area (TPSA) is 34.4 Å². The molecule has 0 aliphatic heterocycles. The maximum atomic E-state index is 13.7. The zero-order valence-electron chi connectivity index (χ0n) is 12.2. The molecule has 1 N–H and O–H groups in total. The molecule has 21 heavy (non-hydrogen) atoms. The standard InChI is InChI=1S/C16H19BrFNO2/c1-11(2)8-19-9-16-12(5-6-20-16)10-21-15-4-3-13(17)7-14(15)18/h3-7,11,19H,8-10H2,1-2H3. The number of hydrogen-bond acceptors (Lipinski definition) is 3. The molecule has 2 aromatic rings. The number of nitrogens with one attached hydrogen (secondary N) is 1. The summed E-state index contributed by atoms with van der Waals surface area (Å²) in [4.78, 5) is 0. The zero-order chi connectivity index (χ0) is 15.2. The molecule has 1 aromatic carbocycles. The number of benzene rings is 1. The lowest BCUT2D eigenvalue weighted by Gasteiger charge is -2.09. The molecule has 0 atom stereocenters. The van der Waals surface area contributed by atoms with Gasteiger partial charge in [0.15, 0.2) is 11.6 Å². The van der Waals surface area contributed by atoms with Crippen molar-refractivity contribution in [1.82, 2.24) is 5.32 Å². The smallest absolute Gasteiger partial charge is 0.166 e. The summed E-state index contributed by atoms with van der Waals surface area (Å²) in [6.45, 7) is 6.15. The van der Waals surface area contributed by atoms with Crippen molar-refractivity contribution in [2.75, 3.05) is 6.54 Å². The van der Waals surface area contributed by atoms with Gasteiger partial charge in [0.25, 0.3) is 0 Å². The van der Waals surface area contributed by atoms with Gasteiger partial charge in [0.1, 0.15) is 12.4 Å². The van der Waals surface area contributed by atoms with E-state index in [9.17, 15) is 4.39 Å². The van der Waals surface area contributed by atoms with E-state index >= 15 is 0 Å². The van der Waals surface area contributed by atoms with Crippen LogP contribution in [0.15, 0.2) is 39.4 Å². The molecule has 0 fully saturated rings. The van der Waals surface area contributed by atoms with Crippen molar-refractivity contribution in [3.05, 3.63) is 52.1 Å². The van der Waals surface area contributed by atoms with Crippen molar-refractivity contribution < 1.29 is 13.5 Å². The molecule has 5 heteroatoms. The molecular weight excluding hydrogens is 337 g/mol. The largest absolute Gasteiger partial charge is 0.486 e. The Labute approximate surface area is 132 Å². The first-order valence-corrected chi connectivity index (χ1v) is 7.69. The Bertz CT molecular complexity index is 583. The second-order valence-electron chi connectivity index (χ2n) is 5.26. The van der Waals surface area contributed by atoms with Crippen molar-refractivity contribution >= 4 is 15.9 Å². The third-order valence-electron chi connectivity index (χ3n) is 2.95. The first-order valence-electron chi connectivity index (χ1n) is 6.90. The molecule has 0 radical (unpaired) electrons. The molecule has 0 amide bonds. The van der Waals surface area contributed by atoms with Gasteiger partial charge in [0.2, 0.25) is 0 Å². The fraction of sp³-hybridized carbons (Fsp3) is 0.375. The van der Waals surface area contributed by atoms with E-state index in [0.717, 1.165) is 17.9 Å². The normalized spacial score (nSPS) is 11.1. The van der Waals surface area contributed by atoms with Crippen LogP contribution < -0.4 is 10.1 Å². The molecule has 0 bridgehead atoms. The molecule has 0 spiro atoms. The van der Waals surface area contributed by atoms with Gasteiger partial charge in [0, 0.05) is 10.0 Å². The van der Waals surface area contributed by atoms with Crippen LogP contribution in [-0.2, 0) is 13.2 Å². The summed E-state index contributed by atoms with van der Waals surface area (Å²) >= 11 is 3.22. The molecule has 0 aliphatic carbocycles. The highest BCUT2D eigenvalue weighted by molar-refractivity contribution is 9.10. The lowest BCUT2D eigenvalue weighted by molar-refractivity contribution is 0.286. The van der Waals surface area contributed by atoms with E-state index < -0.39 is 0 Å². The van der Waals surface area contributed by atoms with Gasteiger partial charge in [-0.2, -0.15) is 0 Å². The molecule has 114 valence electrons. The van der Waals surface area contributed by atoms with E-state index in [4.69, 9.17) is 9.15 Å². The summed E-state index contributed by atoms with van der Waals surface area (Å²) in [7, 11) is 0. The minimum Gasteiger partial charge on any atom is -0.486 e. The number of ether oxygens (including phenoxy) is 1. The molecule has 1 aromatic heterocycles. The summed E-state index contributed by atoms with van der Waals surface area (Å²) in [5.41, 5.74) is 0.925. The molecule has 0 unspecified atom stereocenters. The van der Waals surface area contributed by atoms with Crippen LogP contribution in [0.25, 0.3) is 0 Å². The highest BCUT2D eigenvalue weighted by Gasteiger charge is 2.09. The van der Waals surface area contributed by atoms with Crippen LogP contribution >= 0.6 is 15.9 Å². The van der Waals surface area contributed by atoms with E-state index in [-0.39, 0.29) is 18.2 Å². The number of hydrogen-bond donors (Lipinski definition) is 1. The quantitative estimate of drug-likeness (QED) is 0.793. The molecule has 0 saturated heterocycles. The Morgan fingerprint density at radius 3 is 2.86 bits per heavy atom. The lowest BCUT2D eigenvalue weighted by Crippen LogP contribution is -2.19. The number of halogens is 2. The van der Waals surface area contributed by atoms with Gasteiger partial charge in [-0.1, -0.05) is 29.8 Å². The second-order valence-corrected chi connectivity index (χ2v) is 6.17. The Kier molecular flexibility index (Phi) is 5.82.